The van der Waals surface area contributed by atoms with Gasteiger partial charge in [-0.05, 0) is 49.6 Å². The smallest absolute Gasteiger partial charge is 0.255 e. The predicted octanol–water partition coefficient (Wildman–Crippen LogP) is 2.78. The van der Waals surface area contributed by atoms with Crippen LogP contribution < -0.4 is 9.47 Å². The van der Waals surface area contributed by atoms with Crippen LogP contribution in [0.5, 0.6) is 11.5 Å². The van der Waals surface area contributed by atoms with E-state index in [4.69, 9.17) is 9.47 Å². The number of hydrogen-bond donors (Lipinski definition) is 0. The lowest BCUT2D eigenvalue weighted by Gasteiger charge is -2.29. The zero-order chi connectivity index (χ0) is 21.0. The molecular formula is C22H27N3O4. The van der Waals surface area contributed by atoms with Gasteiger partial charge in [0.15, 0.2) is 11.5 Å². The van der Waals surface area contributed by atoms with E-state index in [1.54, 1.807) is 30.1 Å². The minimum atomic E-state index is -0.132. The van der Waals surface area contributed by atoms with Gasteiger partial charge in [-0.2, -0.15) is 0 Å². The summed E-state index contributed by atoms with van der Waals surface area (Å²) in [7, 11) is 3.21. The lowest BCUT2D eigenvalue weighted by molar-refractivity contribution is 0.0734. The van der Waals surface area contributed by atoms with E-state index in [-0.39, 0.29) is 11.8 Å². The highest BCUT2D eigenvalue weighted by Crippen LogP contribution is 2.33. The summed E-state index contributed by atoms with van der Waals surface area (Å²) in [5, 5.41) is 0. The number of aromatic nitrogens is 1. The number of hydrogen-bond acceptors (Lipinski definition) is 5. The van der Waals surface area contributed by atoms with Gasteiger partial charge in [0.1, 0.15) is 0 Å². The first kappa shape index (κ1) is 20.6. The number of carbonyl (C=O) groups excluding carboxylic acids is 2. The van der Waals surface area contributed by atoms with E-state index in [9.17, 15) is 9.59 Å². The molecule has 2 amide bonds. The average Bonchev–Trinajstić information content (AvgIpc) is 2.77. The molecule has 0 aliphatic carbocycles. The standard InChI is InChI=1S/C22H27N3O4/c1-5-24(6-2)21(26)16-9-17(13-23-12-16)22(27)25-8-7-15-10-19(28-3)20(29-4)11-18(15)14-25/h9-13H,5-8,14H2,1-4H3. The Morgan fingerprint density at radius 2 is 1.62 bits per heavy atom. The van der Waals surface area contributed by atoms with Crippen molar-refractivity contribution in [3.05, 3.63) is 52.8 Å². The highest BCUT2D eigenvalue weighted by Gasteiger charge is 2.25. The molecule has 0 spiro atoms. The van der Waals surface area contributed by atoms with Crippen molar-refractivity contribution >= 4 is 11.8 Å². The van der Waals surface area contributed by atoms with Crippen LogP contribution in [-0.2, 0) is 13.0 Å². The molecule has 7 nitrogen and oxygen atoms in total. The van der Waals surface area contributed by atoms with Gasteiger partial charge in [-0.1, -0.05) is 0 Å². The summed E-state index contributed by atoms with van der Waals surface area (Å²) in [6.07, 6.45) is 3.76. The zero-order valence-corrected chi connectivity index (χ0v) is 17.4. The monoisotopic (exact) mass is 397 g/mol. The number of ether oxygens (including phenoxy) is 2. The number of amides is 2. The van der Waals surface area contributed by atoms with Crippen LogP contribution >= 0.6 is 0 Å². The number of methoxy groups -OCH3 is 2. The summed E-state index contributed by atoms with van der Waals surface area (Å²) in [4.78, 5) is 33.3. The average molecular weight is 397 g/mol. The molecule has 0 N–H and O–H groups in total. The summed E-state index contributed by atoms with van der Waals surface area (Å²) < 4.78 is 10.8. The molecule has 0 atom stereocenters. The number of rotatable bonds is 6. The molecule has 2 heterocycles. The quantitative estimate of drug-likeness (QED) is 0.750. The predicted molar refractivity (Wildman–Crippen MR) is 109 cm³/mol. The van der Waals surface area contributed by atoms with E-state index in [2.05, 4.69) is 4.98 Å². The zero-order valence-electron chi connectivity index (χ0n) is 17.4. The SMILES string of the molecule is CCN(CC)C(=O)c1cncc(C(=O)N2CCc3cc(OC)c(OC)cc3C2)c1. The first-order valence-electron chi connectivity index (χ1n) is 9.79. The molecule has 1 aliphatic rings. The Morgan fingerprint density at radius 3 is 2.24 bits per heavy atom. The molecule has 1 aromatic carbocycles. The van der Waals surface area contributed by atoms with Gasteiger partial charge in [0, 0.05) is 38.6 Å². The second-order valence-corrected chi connectivity index (χ2v) is 6.89. The molecule has 0 saturated heterocycles. The lowest BCUT2D eigenvalue weighted by Crippen LogP contribution is -2.36. The third kappa shape index (κ3) is 4.18. The largest absolute Gasteiger partial charge is 0.493 e. The van der Waals surface area contributed by atoms with E-state index in [0.29, 0.717) is 48.8 Å². The molecule has 29 heavy (non-hydrogen) atoms. The summed E-state index contributed by atoms with van der Waals surface area (Å²) in [6.45, 7) is 6.15. The fourth-order valence-corrected chi connectivity index (χ4v) is 3.61. The molecule has 7 heteroatoms. The van der Waals surface area contributed by atoms with Crippen molar-refractivity contribution in [2.24, 2.45) is 0 Å². The van der Waals surface area contributed by atoms with E-state index in [1.807, 2.05) is 26.0 Å². The third-order valence-corrected chi connectivity index (χ3v) is 5.29. The van der Waals surface area contributed by atoms with Crippen LogP contribution in [0.4, 0.5) is 0 Å². The molecule has 3 rings (SSSR count). The van der Waals surface area contributed by atoms with Gasteiger partial charge in [-0.25, -0.2) is 0 Å². The fraction of sp³-hybridized carbons (Fsp3) is 0.409. The maximum atomic E-state index is 13.1. The summed E-state index contributed by atoms with van der Waals surface area (Å²) in [6, 6.07) is 5.53. The van der Waals surface area contributed by atoms with Gasteiger partial charge in [0.2, 0.25) is 0 Å². The van der Waals surface area contributed by atoms with Crippen molar-refractivity contribution < 1.29 is 19.1 Å². The Morgan fingerprint density at radius 1 is 1.00 bits per heavy atom. The van der Waals surface area contributed by atoms with E-state index in [0.717, 1.165) is 17.5 Å². The number of fused-ring (bicyclic) bond motifs is 1. The molecular weight excluding hydrogens is 370 g/mol. The Hall–Kier alpha value is -3.09. The van der Waals surface area contributed by atoms with E-state index < -0.39 is 0 Å². The van der Waals surface area contributed by atoms with Gasteiger partial charge in [0.05, 0.1) is 25.3 Å². The Bertz CT molecular complexity index is 909. The van der Waals surface area contributed by atoms with Crippen LogP contribution in [0.25, 0.3) is 0 Å². The molecule has 0 saturated carbocycles. The highest BCUT2D eigenvalue weighted by atomic mass is 16.5. The van der Waals surface area contributed by atoms with Crippen LogP contribution in [-0.4, -0.2) is 60.5 Å². The van der Waals surface area contributed by atoms with Crippen molar-refractivity contribution in [1.29, 1.82) is 0 Å². The second-order valence-electron chi connectivity index (χ2n) is 6.89. The van der Waals surface area contributed by atoms with Crippen molar-refractivity contribution in [2.75, 3.05) is 33.9 Å². The maximum absolute atomic E-state index is 13.1. The van der Waals surface area contributed by atoms with Crippen LogP contribution in [0, 0.1) is 0 Å². The molecule has 0 fully saturated rings. The molecule has 1 aromatic heterocycles. The second kappa shape index (κ2) is 8.94. The number of pyridine rings is 1. The molecule has 0 unspecified atom stereocenters. The van der Waals surface area contributed by atoms with Crippen molar-refractivity contribution in [3.63, 3.8) is 0 Å². The van der Waals surface area contributed by atoms with Crippen LogP contribution in [0.3, 0.4) is 0 Å². The number of benzene rings is 1. The van der Waals surface area contributed by atoms with Gasteiger partial charge < -0.3 is 19.3 Å². The molecule has 0 radical (unpaired) electrons. The topological polar surface area (TPSA) is 72.0 Å². The normalized spacial score (nSPS) is 12.9. The summed E-state index contributed by atoms with van der Waals surface area (Å²) >= 11 is 0. The van der Waals surface area contributed by atoms with Crippen LogP contribution in [0.1, 0.15) is 45.7 Å². The first-order valence-corrected chi connectivity index (χ1v) is 9.79. The van der Waals surface area contributed by atoms with Gasteiger partial charge in [-0.3, -0.25) is 14.6 Å². The van der Waals surface area contributed by atoms with E-state index >= 15 is 0 Å². The van der Waals surface area contributed by atoms with Crippen molar-refractivity contribution in [1.82, 2.24) is 14.8 Å². The molecule has 154 valence electrons. The third-order valence-electron chi connectivity index (χ3n) is 5.29. The molecule has 1 aliphatic heterocycles. The maximum Gasteiger partial charge on any atom is 0.255 e. The lowest BCUT2D eigenvalue weighted by atomic mass is 9.98. The molecule has 2 aromatic rings. The van der Waals surface area contributed by atoms with Gasteiger partial charge in [0.25, 0.3) is 11.8 Å². The highest BCUT2D eigenvalue weighted by molar-refractivity contribution is 5.99. The molecule has 0 bridgehead atoms. The Labute approximate surface area is 171 Å². The minimum absolute atomic E-state index is 0.113. The van der Waals surface area contributed by atoms with E-state index in [1.165, 1.54) is 12.4 Å². The number of carbonyl (C=O) groups is 2. The Balaban J connectivity index is 1.82. The number of nitrogens with zero attached hydrogens (tertiary/aromatic N) is 3. The fourth-order valence-electron chi connectivity index (χ4n) is 3.61. The Kier molecular flexibility index (Phi) is 6.36. The minimum Gasteiger partial charge on any atom is -0.493 e. The summed E-state index contributed by atoms with van der Waals surface area (Å²) in [5.74, 6) is 1.09. The van der Waals surface area contributed by atoms with Gasteiger partial charge in [-0.15, -0.1) is 0 Å². The van der Waals surface area contributed by atoms with Crippen LogP contribution in [0.15, 0.2) is 30.6 Å². The van der Waals surface area contributed by atoms with Gasteiger partial charge >= 0.3 is 0 Å². The van der Waals surface area contributed by atoms with Crippen molar-refractivity contribution in [3.8, 4) is 11.5 Å². The van der Waals surface area contributed by atoms with Crippen LogP contribution in [0.2, 0.25) is 0 Å². The van der Waals surface area contributed by atoms with Crippen molar-refractivity contribution in [2.45, 2.75) is 26.8 Å². The summed E-state index contributed by atoms with van der Waals surface area (Å²) in [5.41, 5.74) is 3.04. The first-order chi connectivity index (χ1) is 14.0.